The van der Waals surface area contributed by atoms with E-state index in [1.165, 1.54) is 6.07 Å². The SMILES string of the molecule is COc1cc(N)cc(COc2cc(C)ccc2F)c1. The fourth-order valence-corrected chi connectivity index (χ4v) is 1.77. The van der Waals surface area contributed by atoms with E-state index in [1.807, 2.05) is 13.0 Å². The lowest BCUT2D eigenvalue weighted by Crippen LogP contribution is -1.99. The normalized spacial score (nSPS) is 10.3. The number of anilines is 1. The van der Waals surface area contributed by atoms with Gasteiger partial charge in [0.1, 0.15) is 12.4 Å². The molecule has 0 radical (unpaired) electrons. The van der Waals surface area contributed by atoms with E-state index in [4.69, 9.17) is 15.2 Å². The van der Waals surface area contributed by atoms with E-state index in [1.54, 1.807) is 31.4 Å². The van der Waals surface area contributed by atoms with Gasteiger partial charge < -0.3 is 15.2 Å². The number of halogens is 1. The first-order chi connectivity index (χ1) is 9.08. The van der Waals surface area contributed by atoms with Crippen LogP contribution in [0.1, 0.15) is 11.1 Å². The van der Waals surface area contributed by atoms with Gasteiger partial charge in [0.05, 0.1) is 7.11 Å². The fourth-order valence-electron chi connectivity index (χ4n) is 1.77. The molecule has 0 aliphatic carbocycles. The van der Waals surface area contributed by atoms with E-state index < -0.39 is 0 Å². The zero-order valence-electron chi connectivity index (χ0n) is 10.9. The Morgan fingerprint density at radius 2 is 1.95 bits per heavy atom. The first-order valence-corrected chi connectivity index (χ1v) is 5.91. The molecule has 0 saturated heterocycles. The van der Waals surface area contributed by atoms with Crippen LogP contribution in [0.5, 0.6) is 11.5 Å². The largest absolute Gasteiger partial charge is 0.497 e. The number of methoxy groups -OCH3 is 1. The molecule has 0 amide bonds. The van der Waals surface area contributed by atoms with Crippen molar-refractivity contribution >= 4 is 5.69 Å². The van der Waals surface area contributed by atoms with Gasteiger partial charge in [0.2, 0.25) is 0 Å². The molecule has 3 nitrogen and oxygen atoms in total. The molecular formula is C15H16FNO2. The predicted octanol–water partition coefficient (Wildman–Crippen LogP) is 3.30. The number of hydrogen-bond acceptors (Lipinski definition) is 3. The Kier molecular flexibility index (Phi) is 3.90. The lowest BCUT2D eigenvalue weighted by Gasteiger charge is -2.10. The maximum atomic E-state index is 13.5. The average Bonchev–Trinajstić information content (AvgIpc) is 2.39. The van der Waals surface area contributed by atoms with Crippen LogP contribution in [0.4, 0.5) is 10.1 Å². The van der Waals surface area contributed by atoms with Gasteiger partial charge in [0, 0.05) is 11.8 Å². The second-order valence-corrected chi connectivity index (χ2v) is 4.34. The van der Waals surface area contributed by atoms with Crippen LogP contribution in [0.25, 0.3) is 0 Å². The van der Waals surface area contributed by atoms with Crippen molar-refractivity contribution in [2.45, 2.75) is 13.5 Å². The number of benzene rings is 2. The lowest BCUT2D eigenvalue weighted by atomic mass is 10.2. The van der Waals surface area contributed by atoms with Gasteiger partial charge in [-0.05, 0) is 42.3 Å². The fraction of sp³-hybridized carbons (Fsp3) is 0.200. The summed E-state index contributed by atoms with van der Waals surface area (Å²) >= 11 is 0. The standard InChI is InChI=1S/C15H16FNO2/c1-10-3-4-14(16)15(5-10)19-9-11-6-12(17)8-13(7-11)18-2/h3-8H,9,17H2,1-2H3. The second kappa shape index (κ2) is 5.61. The molecule has 0 spiro atoms. The smallest absolute Gasteiger partial charge is 0.165 e. The van der Waals surface area contributed by atoms with Crippen molar-refractivity contribution in [1.82, 2.24) is 0 Å². The summed E-state index contributed by atoms with van der Waals surface area (Å²) in [7, 11) is 1.57. The quantitative estimate of drug-likeness (QED) is 0.859. The van der Waals surface area contributed by atoms with Crippen LogP contribution in [0, 0.1) is 12.7 Å². The van der Waals surface area contributed by atoms with E-state index in [0.717, 1.165) is 11.1 Å². The van der Waals surface area contributed by atoms with E-state index in [-0.39, 0.29) is 18.2 Å². The highest BCUT2D eigenvalue weighted by Crippen LogP contribution is 2.22. The molecule has 0 bridgehead atoms. The summed E-state index contributed by atoms with van der Waals surface area (Å²) in [6.07, 6.45) is 0. The van der Waals surface area contributed by atoms with Gasteiger partial charge in [-0.1, -0.05) is 6.07 Å². The van der Waals surface area contributed by atoms with Crippen LogP contribution in [0.2, 0.25) is 0 Å². The van der Waals surface area contributed by atoms with Crippen LogP contribution < -0.4 is 15.2 Å². The predicted molar refractivity (Wildman–Crippen MR) is 72.9 cm³/mol. The summed E-state index contributed by atoms with van der Waals surface area (Å²) in [5.74, 6) is 0.520. The van der Waals surface area contributed by atoms with Crippen molar-refractivity contribution in [2.24, 2.45) is 0 Å². The summed E-state index contributed by atoms with van der Waals surface area (Å²) in [5, 5.41) is 0. The molecule has 0 atom stereocenters. The van der Waals surface area contributed by atoms with E-state index >= 15 is 0 Å². The van der Waals surface area contributed by atoms with Crippen LogP contribution in [0.3, 0.4) is 0 Å². The maximum Gasteiger partial charge on any atom is 0.165 e. The van der Waals surface area contributed by atoms with E-state index in [2.05, 4.69) is 0 Å². The van der Waals surface area contributed by atoms with Gasteiger partial charge in [0.15, 0.2) is 11.6 Å². The molecule has 2 aromatic rings. The Hall–Kier alpha value is -2.23. The average molecular weight is 261 g/mol. The molecule has 4 heteroatoms. The Labute approximate surface area is 111 Å². The number of nitrogens with two attached hydrogens (primary N) is 1. The van der Waals surface area contributed by atoms with Crippen molar-refractivity contribution in [2.75, 3.05) is 12.8 Å². The summed E-state index contributed by atoms with van der Waals surface area (Å²) in [6, 6.07) is 10.1. The third-order valence-corrected chi connectivity index (χ3v) is 2.71. The molecule has 0 aliphatic heterocycles. The number of hydrogen-bond donors (Lipinski definition) is 1. The van der Waals surface area contributed by atoms with Gasteiger partial charge >= 0.3 is 0 Å². The number of nitrogen functional groups attached to an aromatic ring is 1. The van der Waals surface area contributed by atoms with Gasteiger partial charge in [-0.25, -0.2) is 4.39 Å². The van der Waals surface area contributed by atoms with Crippen molar-refractivity contribution in [1.29, 1.82) is 0 Å². The minimum atomic E-state index is -0.374. The van der Waals surface area contributed by atoms with Crippen molar-refractivity contribution < 1.29 is 13.9 Å². The molecule has 0 heterocycles. The molecule has 19 heavy (non-hydrogen) atoms. The number of ether oxygens (including phenoxy) is 2. The van der Waals surface area contributed by atoms with Crippen molar-refractivity contribution in [3.8, 4) is 11.5 Å². The van der Waals surface area contributed by atoms with Crippen LogP contribution in [-0.4, -0.2) is 7.11 Å². The number of rotatable bonds is 4. The third-order valence-electron chi connectivity index (χ3n) is 2.71. The molecule has 2 rings (SSSR count). The summed E-state index contributed by atoms with van der Waals surface area (Å²) < 4.78 is 24.1. The maximum absolute atomic E-state index is 13.5. The highest BCUT2D eigenvalue weighted by molar-refractivity contribution is 5.47. The molecule has 0 saturated carbocycles. The third kappa shape index (κ3) is 3.37. The zero-order valence-corrected chi connectivity index (χ0v) is 10.9. The van der Waals surface area contributed by atoms with Crippen LogP contribution >= 0.6 is 0 Å². The number of aryl methyl sites for hydroxylation is 1. The van der Waals surface area contributed by atoms with Gasteiger partial charge in [-0.2, -0.15) is 0 Å². The molecule has 2 N–H and O–H groups in total. The molecule has 2 aromatic carbocycles. The van der Waals surface area contributed by atoms with Crippen molar-refractivity contribution in [3.63, 3.8) is 0 Å². The molecule has 100 valence electrons. The monoisotopic (exact) mass is 261 g/mol. The van der Waals surface area contributed by atoms with Gasteiger partial charge in [0.25, 0.3) is 0 Å². The van der Waals surface area contributed by atoms with Crippen LogP contribution in [-0.2, 0) is 6.61 Å². The minimum Gasteiger partial charge on any atom is -0.497 e. The first kappa shape index (κ1) is 13.2. The molecular weight excluding hydrogens is 245 g/mol. The van der Waals surface area contributed by atoms with E-state index in [0.29, 0.717) is 11.4 Å². The summed E-state index contributed by atoms with van der Waals surface area (Å²) in [5.41, 5.74) is 8.11. The summed E-state index contributed by atoms with van der Waals surface area (Å²) in [6.45, 7) is 2.12. The minimum absolute atomic E-state index is 0.237. The Bertz CT molecular complexity index is 584. The Morgan fingerprint density at radius 1 is 1.16 bits per heavy atom. The van der Waals surface area contributed by atoms with Gasteiger partial charge in [-0.15, -0.1) is 0 Å². The summed E-state index contributed by atoms with van der Waals surface area (Å²) in [4.78, 5) is 0. The second-order valence-electron chi connectivity index (χ2n) is 4.34. The lowest BCUT2D eigenvalue weighted by molar-refractivity contribution is 0.289. The topological polar surface area (TPSA) is 44.5 Å². The zero-order chi connectivity index (χ0) is 13.8. The molecule has 0 aromatic heterocycles. The Morgan fingerprint density at radius 3 is 2.68 bits per heavy atom. The van der Waals surface area contributed by atoms with Crippen molar-refractivity contribution in [3.05, 3.63) is 53.3 Å². The highest BCUT2D eigenvalue weighted by atomic mass is 19.1. The Balaban J connectivity index is 2.14. The molecule has 0 unspecified atom stereocenters. The van der Waals surface area contributed by atoms with Crippen LogP contribution in [0.15, 0.2) is 36.4 Å². The molecule has 0 fully saturated rings. The molecule has 0 aliphatic rings. The van der Waals surface area contributed by atoms with Gasteiger partial charge in [-0.3, -0.25) is 0 Å². The highest BCUT2D eigenvalue weighted by Gasteiger charge is 2.05. The first-order valence-electron chi connectivity index (χ1n) is 5.91. The van der Waals surface area contributed by atoms with E-state index in [9.17, 15) is 4.39 Å².